The van der Waals surface area contributed by atoms with Gasteiger partial charge in [-0.05, 0) is 56.0 Å². The normalized spacial score (nSPS) is 13.6. The molecule has 2 aliphatic rings. The number of fused-ring (bicyclic) bond motifs is 4. The van der Waals surface area contributed by atoms with Crippen LogP contribution in [0.2, 0.25) is 0 Å². The van der Waals surface area contributed by atoms with Crippen molar-refractivity contribution in [1.82, 2.24) is 14.5 Å². The van der Waals surface area contributed by atoms with Gasteiger partial charge in [-0.3, -0.25) is 4.98 Å². The molecule has 3 aromatic carbocycles. The summed E-state index contributed by atoms with van der Waals surface area (Å²) in [5.41, 5.74) is 13.9. The van der Waals surface area contributed by atoms with E-state index in [9.17, 15) is 0 Å². The van der Waals surface area contributed by atoms with Crippen molar-refractivity contribution < 1.29 is 24.7 Å². The molecule has 3 heterocycles. The smallest absolute Gasteiger partial charge is 0.304 e. The second-order valence-corrected chi connectivity index (χ2v) is 12.0. The fourth-order valence-electron chi connectivity index (χ4n) is 5.83. The summed E-state index contributed by atoms with van der Waals surface area (Å²) in [6, 6.07) is 35.8. The molecule has 5 heteroatoms. The average molecular weight is 741 g/mol. The van der Waals surface area contributed by atoms with Gasteiger partial charge in [0.15, 0.2) is 6.04 Å². The van der Waals surface area contributed by atoms with E-state index < -0.39 is 0 Å². The van der Waals surface area contributed by atoms with Crippen LogP contribution in [0.15, 0.2) is 85.2 Å². The second kappa shape index (κ2) is 11.9. The third-order valence-corrected chi connectivity index (χ3v) is 8.24. The number of benzene rings is 3. The topological polar surface area (TPSA) is 31.8 Å². The largest absolute Gasteiger partial charge is 0.494 e. The van der Waals surface area contributed by atoms with Crippen LogP contribution in [0.5, 0.6) is 0 Å². The average Bonchev–Trinajstić information content (AvgIpc) is 3.49. The quantitative estimate of drug-likeness (QED) is 0.137. The molecule has 1 aliphatic carbocycles. The molecule has 217 valence electrons. The maximum Gasteiger partial charge on any atom is 0.494 e. The minimum absolute atomic E-state index is 0. The summed E-state index contributed by atoms with van der Waals surface area (Å²) in [4.78, 5) is 9.13. The Morgan fingerprint density at radius 1 is 0.837 bits per heavy atom. The molecule has 0 unspecified atom stereocenters. The molecule has 0 spiro atoms. The van der Waals surface area contributed by atoms with E-state index in [-0.39, 0.29) is 25.5 Å². The fraction of sp³-hybridized carbons (Fsp3) is 0.237. The van der Waals surface area contributed by atoms with Gasteiger partial charge in [-0.15, -0.1) is 47.0 Å². The van der Waals surface area contributed by atoms with Crippen molar-refractivity contribution >= 4 is 23.1 Å². The Kier molecular flexibility index (Phi) is 8.45. The summed E-state index contributed by atoms with van der Waals surface area (Å²) in [6.45, 7) is 15.1. The zero-order valence-electron chi connectivity index (χ0n) is 25.8. The summed E-state index contributed by atoms with van der Waals surface area (Å²) >= 11 is 0. The van der Waals surface area contributed by atoms with Crippen LogP contribution in [0.25, 0.3) is 22.4 Å². The number of pyridine rings is 2. The van der Waals surface area contributed by atoms with Crippen LogP contribution in [-0.4, -0.2) is 26.6 Å². The van der Waals surface area contributed by atoms with Gasteiger partial charge in [0.05, 0.1) is 0 Å². The van der Waals surface area contributed by atoms with E-state index >= 15 is 0 Å². The first-order valence-electron chi connectivity index (χ1n) is 14.5. The predicted octanol–water partition coefficient (Wildman–Crippen LogP) is 8.73. The Balaban J connectivity index is 0.000000197. The van der Waals surface area contributed by atoms with Crippen molar-refractivity contribution in [3.63, 3.8) is 0 Å². The first-order chi connectivity index (χ1) is 20.2. The zero-order chi connectivity index (χ0) is 29.6. The van der Waals surface area contributed by atoms with Gasteiger partial charge in [0.25, 0.3) is 11.4 Å². The Morgan fingerprint density at radius 2 is 1.60 bits per heavy atom. The van der Waals surface area contributed by atoms with E-state index in [0.717, 1.165) is 28.3 Å². The molecule has 7 rings (SSSR count). The van der Waals surface area contributed by atoms with Crippen LogP contribution >= 0.6 is 0 Å². The Bertz CT molecular complexity index is 1890. The number of hydrogen-bond donors (Lipinski definition) is 0. The molecular weight excluding hydrogens is 705 g/mol. The molecule has 1 radical (unpaired) electrons. The second-order valence-electron chi connectivity index (χ2n) is 12.0. The van der Waals surface area contributed by atoms with E-state index in [1.54, 1.807) is 0 Å². The Hall–Kier alpha value is -4.01. The number of nitrogens with zero attached hydrogens (tertiary/aromatic N) is 4. The van der Waals surface area contributed by atoms with Gasteiger partial charge in [0.1, 0.15) is 5.69 Å². The molecule has 0 bridgehead atoms. The molecule has 0 saturated carbocycles. The maximum atomic E-state index is 4.72. The summed E-state index contributed by atoms with van der Waals surface area (Å²) in [6.07, 6.45) is 3.80. The number of hydrogen-bond acceptors (Lipinski definition) is 2. The van der Waals surface area contributed by atoms with Crippen LogP contribution in [0.4, 0.5) is 17.1 Å². The van der Waals surface area contributed by atoms with Gasteiger partial charge < -0.3 is 4.98 Å². The molecular formula is C38H36IrN4. The Labute approximate surface area is 268 Å². The van der Waals surface area contributed by atoms with Crippen LogP contribution in [-0.2, 0) is 25.5 Å². The number of aromatic nitrogens is 2. The summed E-state index contributed by atoms with van der Waals surface area (Å²) in [5.74, 6) is 0. The Morgan fingerprint density at radius 3 is 2.30 bits per heavy atom. The molecule has 0 atom stereocenters. The standard InChI is InChI=1S/C24H22N3.C14H14N.Ir/c1-16(2)26-15-27(20-12-6-5-11-19(20)26)21-13-7-9-17-18-10-8-14-25-23(18)24(3,4)22(17)21;1-10-4-6-13(7-5-10)14-8-11(2)12(3)9-15-14;/h5-12,14,16H,1-4H3;4-6,8-9H,1-3H3;/q+1;-1;. The van der Waals surface area contributed by atoms with Crippen LogP contribution in [0.3, 0.4) is 0 Å². The van der Waals surface area contributed by atoms with E-state index in [0.29, 0.717) is 6.04 Å². The summed E-state index contributed by atoms with van der Waals surface area (Å²) in [5, 5.41) is 0. The minimum Gasteiger partial charge on any atom is -0.304 e. The maximum absolute atomic E-state index is 4.72. The minimum atomic E-state index is -0.180. The third kappa shape index (κ3) is 5.45. The number of para-hydroxylation sites is 2. The van der Waals surface area contributed by atoms with E-state index in [4.69, 9.17) is 4.98 Å². The summed E-state index contributed by atoms with van der Waals surface area (Å²) in [7, 11) is 0. The molecule has 5 aromatic rings. The monoisotopic (exact) mass is 741 g/mol. The fourth-order valence-corrected chi connectivity index (χ4v) is 5.83. The first-order valence-corrected chi connectivity index (χ1v) is 14.5. The van der Waals surface area contributed by atoms with Crippen molar-refractivity contribution in [2.24, 2.45) is 0 Å². The van der Waals surface area contributed by atoms with E-state index in [1.165, 1.54) is 39.1 Å². The molecule has 2 aromatic heterocycles. The zero-order valence-corrected chi connectivity index (χ0v) is 28.2. The van der Waals surface area contributed by atoms with Gasteiger partial charge in [0, 0.05) is 50.3 Å². The van der Waals surface area contributed by atoms with E-state index in [2.05, 4.69) is 135 Å². The van der Waals surface area contributed by atoms with Crippen molar-refractivity contribution in [2.45, 2.75) is 59.9 Å². The SMILES string of the molecule is CC(C)[N+]1=C=[N+](c2[c-]ccc3c2C(C)(C)c2ncccc2-3)c2ccccc21.Cc1c[c-]c(-c2cc(C)c(C)cn2)cc1.[Ir]. The van der Waals surface area contributed by atoms with Gasteiger partial charge in [-0.25, -0.2) is 0 Å². The van der Waals surface area contributed by atoms with Gasteiger partial charge in [-0.1, -0.05) is 65.3 Å². The molecule has 0 N–H and O–H groups in total. The first kappa shape index (κ1) is 30.4. The van der Waals surface area contributed by atoms with Crippen LogP contribution in [0, 0.1) is 32.9 Å². The van der Waals surface area contributed by atoms with Crippen LogP contribution < -0.4 is 4.58 Å². The third-order valence-electron chi connectivity index (χ3n) is 8.24. The predicted molar refractivity (Wildman–Crippen MR) is 171 cm³/mol. The van der Waals surface area contributed by atoms with Crippen LogP contribution in [0.1, 0.15) is 55.6 Å². The van der Waals surface area contributed by atoms with Crippen molar-refractivity contribution in [2.75, 3.05) is 0 Å². The summed E-state index contributed by atoms with van der Waals surface area (Å²) < 4.78 is 4.37. The molecule has 1 aliphatic heterocycles. The number of rotatable bonds is 3. The molecule has 0 saturated heterocycles. The molecule has 43 heavy (non-hydrogen) atoms. The number of aryl methyl sites for hydroxylation is 3. The van der Waals surface area contributed by atoms with Crippen molar-refractivity contribution in [3.05, 3.63) is 125 Å². The molecule has 0 amide bonds. The van der Waals surface area contributed by atoms with Gasteiger partial charge >= 0.3 is 6.01 Å². The van der Waals surface area contributed by atoms with Gasteiger partial charge in [-0.2, -0.15) is 12.1 Å². The van der Waals surface area contributed by atoms with Gasteiger partial charge in [0.2, 0.25) is 0 Å². The van der Waals surface area contributed by atoms with E-state index in [1.807, 2.05) is 30.6 Å². The van der Waals surface area contributed by atoms with Crippen molar-refractivity contribution in [3.8, 4) is 22.4 Å². The molecule has 4 nitrogen and oxygen atoms in total. The van der Waals surface area contributed by atoms with Crippen molar-refractivity contribution in [1.29, 1.82) is 0 Å². The molecule has 0 fully saturated rings.